The van der Waals surface area contributed by atoms with Gasteiger partial charge >= 0.3 is 11.7 Å². The van der Waals surface area contributed by atoms with Crippen molar-refractivity contribution in [1.29, 1.82) is 0 Å². The minimum atomic E-state index is -0.518. The standard InChI is InChI=1S/C20H25N5O5S/c1-3-5-9-25-17-16(19(28)23-20(25)29)24(4-2)14(22-17)11-30-15(26)6-8-21-18(27)13-7-10-31-12-13/h7,10,12H,3-6,8-9,11H2,1-2H3,(H,21,27)(H,23,28,29). The highest BCUT2D eigenvalue weighted by molar-refractivity contribution is 7.08. The number of carbonyl (C=O) groups excluding carboxylic acids is 2. The molecule has 0 saturated carbocycles. The molecule has 3 aromatic heterocycles. The van der Waals surface area contributed by atoms with Crippen molar-refractivity contribution in [2.24, 2.45) is 0 Å². The van der Waals surface area contributed by atoms with E-state index in [9.17, 15) is 19.2 Å². The summed E-state index contributed by atoms with van der Waals surface area (Å²) >= 11 is 1.42. The summed E-state index contributed by atoms with van der Waals surface area (Å²) in [4.78, 5) is 55.4. The van der Waals surface area contributed by atoms with E-state index >= 15 is 0 Å². The number of fused-ring (bicyclic) bond motifs is 1. The molecule has 0 aliphatic carbocycles. The SMILES string of the molecule is CCCCn1c(=O)[nH]c(=O)c2c1nc(COC(=O)CCNC(=O)c1ccsc1)n2CC. The van der Waals surface area contributed by atoms with Gasteiger partial charge in [-0.15, -0.1) is 0 Å². The van der Waals surface area contributed by atoms with Crippen molar-refractivity contribution >= 4 is 34.4 Å². The zero-order valence-corrected chi connectivity index (χ0v) is 18.3. The van der Waals surface area contributed by atoms with Crippen molar-refractivity contribution in [1.82, 2.24) is 24.4 Å². The van der Waals surface area contributed by atoms with Crippen LogP contribution < -0.4 is 16.6 Å². The Bertz CT molecular complexity index is 1180. The third kappa shape index (κ3) is 5.10. The normalized spacial score (nSPS) is 11.0. The van der Waals surface area contributed by atoms with Gasteiger partial charge in [-0.2, -0.15) is 11.3 Å². The molecule has 31 heavy (non-hydrogen) atoms. The summed E-state index contributed by atoms with van der Waals surface area (Å²) in [5, 5.41) is 6.19. The first kappa shape index (κ1) is 22.5. The van der Waals surface area contributed by atoms with Crippen molar-refractivity contribution < 1.29 is 14.3 Å². The molecule has 0 bridgehead atoms. The zero-order chi connectivity index (χ0) is 22.4. The molecule has 0 spiro atoms. The number of aryl methyl sites for hydroxylation is 2. The smallest absolute Gasteiger partial charge is 0.330 e. The van der Waals surface area contributed by atoms with Crippen LogP contribution in [0.5, 0.6) is 0 Å². The number of nitrogens with zero attached hydrogens (tertiary/aromatic N) is 3. The average Bonchev–Trinajstić information content (AvgIpc) is 3.40. The molecule has 0 aliphatic heterocycles. The van der Waals surface area contributed by atoms with Crippen LogP contribution >= 0.6 is 11.3 Å². The lowest BCUT2D eigenvalue weighted by molar-refractivity contribution is -0.145. The minimum absolute atomic E-state index is 0.00399. The van der Waals surface area contributed by atoms with E-state index in [1.807, 2.05) is 13.8 Å². The van der Waals surface area contributed by atoms with E-state index in [0.29, 0.717) is 24.5 Å². The van der Waals surface area contributed by atoms with Crippen molar-refractivity contribution in [3.63, 3.8) is 0 Å². The maximum Gasteiger partial charge on any atom is 0.330 e. The van der Waals surface area contributed by atoms with E-state index in [2.05, 4.69) is 15.3 Å². The Labute approximate surface area is 181 Å². The Morgan fingerprint density at radius 2 is 2.06 bits per heavy atom. The number of nitrogens with one attached hydrogen (secondary N) is 2. The third-order valence-corrected chi connectivity index (χ3v) is 5.46. The first-order valence-corrected chi connectivity index (χ1v) is 11.1. The second-order valence-electron chi connectivity index (χ2n) is 6.89. The van der Waals surface area contributed by atoms with Crippen LogP contribution in [0.1, 0.15) is 49.3 Å². The van der Waals surface area contributed by atoms with E-state index in [4.69, 9.17) is 4.74 Å². The van der Waals surface area contributed by atoms with Crippen LogP contribution in [-0.2, 0) is 29.2 Å². The van der Waals surface area contributed by atoms with Crippen molar-refractivity contribution in [3.8, 4) is 0 Å². The molecule has 0 fully saturated rings. The number of hydrogen-bond acceptors (Lipinski definition) is 7. The number of unbranched alkanes of at least 4 members (excludes halogenated alkanes) is 1. The number of rotatable bonds is 10. The molecule has 10 nitrogen and oxygen atoms in total. The van der Waals surface area contributed by atoms with Gasteiger partial charge in [-0.1, -0.05) is 13.3 Å². The lowest BCUT2D eigenvalue weighted by atomic mass is 10.3. The molecule has 11 heteroatoms. The van der Waals surface area contributed by atoms with Gasteiger partial charge in [0, 0.05) is 30.6 Å². The molecule has 1 amide bonds. The third-order valence-electron chi connectivity index (χ3n) is 4.78. The van der Waals surface area contributed by atoms with Crippen LogP contribution in [0, 0.1) is 0 Å². The Morgan fingerprint density at radius 1 is 1.26 bits per heavy atom. The highest BCUT2D eigenvalue weighted by Gasteiger charge is 2.18. The number of amides is 1. The molecule has 0 aromatic carbocycles. The van der Waals surface area contributed by atoms with Crippen LogP contribution in [-0.4, -0.2) is 37.5 Å². The predicted molar refractivity (Wildman–Crippen MR) is 116 cm³/mol. The first-order valence-electron chi connectivity index (χ1n) is 10.1. The molecular formula is C20H25N5O5S. The molecule has 3 aromatic rings. The van der Waals surface area contributed by atoms with Gasteiger partial charge < -0.3 is 14.6 Å². The molecule has 0 aliphatic rings. The minimum Gasteiger partial charge on any atom is -0.457 e. The zero-order valence-electron chi connectivity index (χ0n) is 17.5. The maximum atomic E-state index is 12.4. The second-order valence-corrected chi connectivity index (χ2v) is 7.67. The summed E-state index contributed by atoms with van der Waals surface area (Å²) in [6.07, 6.45) is 1.65. The van der Waals surface area contributed by atoms with Gasteiger partial charge in [0.15, 0.2) is 11.2 Å². The number of hydrogen-bond donors (Lipinski definition) is 2. The number of aromatic amines is 1. The lowest BCUT2D eigenvalue weighted by Crippen LogP contribution is -2.31. The number of ether oxygens (including phenoxy) is 1. The topological polar surface area (TPSA) is 128 Å². The Morgan fingerprint density at radius 3 is 2.74 bits per heavy atom. The summed E-state index contributed by atoms with van der Waals surface area (Å²) in [6.45, 7) is 4.72. The van der Waals surface area contributed by atoms with E-state index in [1.54, 1.807) is 21.4 Å². The molecule has 0 unspecified atom stereocenters. The molecule has 3 rings (SSSR count). The van der Waals surface area contributed by atoms with Gasteiger partial charge in [0.25, 0.3) is 11.5 Å². The summed E-state index contributed by atoms with van der Waals surface area (Å²) < 4.78 is 8.38. The number of aromatic nitrogens is 4. The van der Waals surface area contributed by atoms with Crippen LogP contribution in [0.4, 0.5) is 0 Å². The summed E-state index contributed by atoms with van der Waals surface area (Å²) in [5.74, 6) is -0.363. The van der Waals surface area contributed by atoms with Crippen LogP contribution in [0.2, 0.25) is 0 Å². The molecular weight excluding hydrogens is 422 g/mol. The highest BCUT2D eigenvalue weighted by atomic mass is 32.1. The van der Waals surface area contributed by atoms with E-state index in [0.717, 1.165) is 12.8 Å². The highest BCUT2D eigenvalue weighted by Crippen LogP contribution is 2.13. The van der Waals surface area contributed by atoms with Crippen LogP contribution in [0.25, 0.3) is 11.2 Å². The largest absolute Gasteiger partial charge is 0.457 e. The van der Waals surface area contributed by atoms with Gasteiger partial charge in [-0.3, -0.25) is 23.9 Å². The maximum absolute atomic E-state index is 12.4. The van der Waals surface area contributed by atoms with E-state index in [1.165, 1.54) is 15.9 Å². The van der Waals surface area contributed by atoms with Gasteiger partial charge in [0.05, 0.1) is 6.42 Å². The van der Waals surface area contributed by atoms with Gasteiger partial charge in [0.1, 0.15) is 12.4 Å². The number of H-pyrrole nitrogens is 1. The summed E-state index contributed by atoms with van der Waals surface area (Å²) in [5.41, 5.74) is 0.104. The van der Waals surface area contributed by atoms with Gasteiger partial charge in [-0.25, -0.2) is 9.78 Å². The number of imidazole rings is 1. The number of esters is 1. The van der Waals surface area contributed by atoms with Crippen molar-refractivity contribution in [2.45, 2.75) is 52.8 Å². The van der Waals surface area contributed by atoms with Gasteiger partial charge in [0.2, 0.25) is 0 Å². The number of thiophene rings is 1. The fraction of sp³-hybridized carbons (Fsp3) is 0.450. The molecule has 0 radical (unpaired) electrons. The molecule has 0 saturated heterocycles. The molecule has 0 atom stereocenters. The lowest BCUT2D eigenvalue weighted by Gasteiger charge is -2.08. The van der Waals surface area contributed by atoms with Crippen LogP contribution in [0.3, 0.4) is 0 Å². The monoisotopic (exact) mass is 447 g/mol. The quantitative estimate of drug-likeness (QED) is 0.455. The predicted octanol–water partition coefficient (Wildman–Crippen LogP) is 1.63. The Hall–Kier alpha value is -3.21. The number of carbonyl (C=O) groups is 2. The Balaban J connectivity index is 1.68. The van der Waals surface area contributed by atoms with Crippen molar-refractivity contribution in [2.75, 3.05) is 6.54 Å². The summed E-state index contributed by atoms with van der Waals surface area (Å²) in [7, 11) is 0. The van der Waals surface area contributed by atoms with Crippen LogP contribution in [0.15, 0.2) is 26.4 Å². The fourth-order valence-corrected chi connectivity index (χ4v) is 3.82. The molecule has 166 valence electrons. The van der Waals surface area contributed by atoms with E-state index < -0.39 is 17.2 Å². The first-order chi connectivity index (χ1) is 15.0. The fourth-order valence-electron chi connectivity index (χ4n) is 3.18. The van der Waals surface area contributed by atoms with E-state index in [-0.39, 0.29) is 36.6 Å². The van der Waals surface area contributed by atoms with Crippen molar-refractivity contribution in [3.05, 3.63) is 49.1 Å². The second kappa shape index (κ2) is 10.2. The molecule has 3 heterocycles. The molecule has 2 N–H and O–H groups in total. The Kier molecular flexibility index (Phi) is 7.40. The summed E-state index contributed by atoms with van der Waals surface area (Å²) in [6, 6.07) is 1.70. The average molecular weight is 448 g/mol. The van der Waals surface area contributed by atoms with Gasteiger partial charge in [-0.05, 0) is 24.8 Å².